The Morgan fingerprint density at radius 2 is 2.25 bits per heavy atom. The van der Waals surface area contributed by atoms with Crippen molar-refractivity contribution in [3.8, 4) is 0 Å². The van der Waals surface area contributed by atoms with Crippen LogP contribution in [-0.4, -0.2) is 15.9 Å². The standard InChI is InChI=1S/C11H11N3OS/c1-7-8(2)16-11(13-7)14-10(15)9-4-3-5-12-6-9/h3-6H,1-2H3,(H,13,14,15). The van der Waals surface area contributed by atoms with Crippen LogP contribution in [0.4, 0.5) is 5.13 Å². The molecule has 1 N–H and O–H groups in total. The zero-order valence-electron chi connectivity index (χ0n) is 9.02. The van der Waals surface area contributed by atoms with Gasteiger partial charge in [0.25, 0.3) is 5.91 Å². The second-order valence-corrected chi connectivity index (χ2v) is 4.56. The molecule has 0 aliphatic rings. The average Bonchev–Trinajstić information content (AvgIpc) is 2.59. The van der Waals surface area contributed by atoms with Crippen molar-refractivity contribution in [2.24, 2.45) is 0 Å². The molecule has 82 valence electrons. The maximum Gasteiger partial charge on any atom is 0.259 e. The van der Waals surface area contributed by atoms with Gasteiger partial charge in [0.1, 0.15) is 0 Å². The number of rotatable bonds is 2. The quantitative estimate of drug-likeness (QED) is 0.866. The molecule has 0 atom stereocenters. The fourth-order valence-corrected chi connectivity index (χ4v) is 2.00. The number of nitrogens with zero attached hydrogens (tertiary/aromatic N) is 2. The summed E-state index contributed by atoms with van der Waals surface area (Å²) in [5.41, 5.74) is 1.49. The number of aryl methyl sites for hydroxylation is 2. The van der Waals surface area contributed by atoms with Gasteiger partial charge in [-0.2, -0.15) is 0 Å². The van der Waals surface area contributed by atoms with E-state index in [1.807, 2.05) is 13.8 Å². The Hall–Kier alpha value is -1.75. The maximum atomic E-state index is 11.8. The van der Waals surface area contributed by atoms with Crippen LogP contribution in [0, 0.1) is 13.8 Å². The van der Waals surface area contributed by atoms with Gasteiger partial charge in [-0.05, 0) is 26.0 Å². The van der Waals surface area contributed by atoms with E-state index in [0.29, 0.717) is 10.7 Å². The molecule has 0 saturated carbocycles. The van der Waals surface area contributed by atoms with E-state index in [9.17, 15) is 4.79 Å². The molecule has 4 nitrogen and oxygen atoms in total. The van der Waals surface area contributed by atoms with E-state index in [-0.39, 0.29) is 5.91 Å². The van der Waals surface area contributed by atoms with Gasteiger partial charge in [-0.3, -0.25) is 15.1 Å². The molecule has 5 heteroatoms. The van der Waals surface area contributed by atoms with E-state index in [4.69, 9.17) is 0 Å². The highest BCUT2D eigenvalue weighted by Gasteiger charge is 2.09. The lowest BCUT2D eigenvalue weighted by Gasteiger charge is -1.99. The molecule has 0 saturated heterocycles. The zero-order valence-corrected chi connectivity index (χ0v) is 9.84. The molecule has 0 aliphatic carbocycles. The largest absolute Gasteiger partial charge is 0.298 e. The third kappa shape index (κ3) is 2.25. The highest BCUT2D eigenvalue weighted by molar-refractivity contribution is 7.15. The first-order valence-corrected chi connectivity index (χ1v) is 5.64. The third-order valence-electron chi connectivity index (χ3n) is 2.17. The molecule has 0 aromatic carbocycles. The van der Waals surface area contributed by atoms with Gasteiger partial charge in [-0.15, -0.1) is 11.3 Å². The second-order valence-electron chi connectivity index (χ2n) is 3.36. The third-order valence-corrected chi connectivity index (χ3v) is 3.16. The van der Waals surface area contributed by atoms with Crippen molar-refractivity contribution in [1.29, 1.82) is 0 Å². The number of carbonyl (C=O) groups excluding carboxylic acids is 1. The zero-order chi connectivity index (χ0) is 11.5. The minimum atomic E-state index is -0.179. The first-order valence-electron chi connectivity index (χ1n) is 4.82. The Balaban J connectivity index is 2.14. The van der Waals surface area contributed by atoms with Gasteiger partial charge >= 0.3 is 0 Å². The van der Waals surface area contributed by atoms with E-state index < -0.39 is 0 Å². The minimum absolute atomic E-state index is 0.179. The molecule has 2 rings (SSSR count). The lowest BCUT2D eigenvalue weighted by Crippen LogP contribution is -2.11. The molecule has 1 amide bonds. The van der Waals surface area contributed by atoms with Gasteiger partial charge in [0.2, 0.25) is 0 Å². The first-order chi connectivity index (χ1) is 7.66. The minimum Gasteiger partial charge on any atom is -0.298 e. The lowest BCUT2D eigenvalue weighted by atomic mass is 10.3. The van der Waals surface area contributed by atoms with Crippen molar-refractivity contribution in [2.45, 2.75) is 13.8 Å². The summed E-state index contributed by atoms with van der Waals surface area (Å²) in [6, 6.07) is 3.45. The van der Waals surface area contributed by atoms with Crippen molar-refractivity contribution >= 4 is 22.4 Å². The van der Waals surface area contributed by atoms with Crippen molar-refractivity contribution < 1.29 is 4.79 Å². The summed E-state index contributed by atoms with van der Waals surface area (Å²) < 4.78 is 0. The number of carbonyl (C=O) groups is 1. The van der Waals surface area contributed by atoms with Gasteiger partial charge in [0, 0.05) is 17.3 Å². The molecule has 2 aromatic rings. The number of anilines is 1. The summed E-state index contributed by atoms with van der Waals surface area (Å²) >= 11 is 1.47. The summed E-state index contributed by atoms with van der Waals surface area (Å²) in [5, 5.41) is 3.38. The van der Waals surface area contributed by atoms with E-state index in [1.54, 1.807) is 18.3 Å². The fourth-order valence-electron chi connectivity index (χ4n) is 1.19. The van der Waals surface area contributed by atoms with Crippen LogP contribution >= 0.6 is 11.3 Å². The fraction of sp³-hybridized carbons (Fsp3) is 0.182. The highest BCUT2D eigenvalue weighted by atomic mass is 32.1. The number of hydrogen-bond donors (Lipinski definition) is 1. The molecule has 2 heterocycles. The van der Waals surface area contributed by atoms with Crippen LogP contribution in [0.5, 0.6) is 0 Å². The molecule has 0 unspecified atom stereocenters. The maximum absolute atomic E-state index is 11.8. The van der Waals surface area contributed by atoms with Crippen molar-refractivity contribution in [2.75, 3.05) is 5.32 Å². The first kappa shape index (κ1) is 10.8. The van der Waals surface area contributed by atoms with Crippen LogP contribution in [-0.2, 0) is 0 Å². The average molecular weight is 233 g/mol. The highest BCUT2D eigenvalue weighted by Crippen LogP contribution is 2.21. The molecule has 0 radical (unpaired) electrons. The molecule has 0 spiro atoms. The van der Waals surface area contributed by atoms with Gasteiger partial charge in [-0.1, -0.05) is 0 Å². The monoisotopic (exact) mass is 233 g/mol. The Kier molecular flexibility index (Phi) is 2.96. The van der Waals surface area contributed by atoms with Crippen molar-refractivity contribution in [3.63, 3.8) is 0 Å². The van der Waals surface area contributed by atoms with Crippen molar-refractivity contribution in [1.82, 2.24) is 9.97 Å². The predicted molar refractivity (Wildman–Crippen MR) is 63.8 cm³/mol. The molecule has 16 heavy (non-hydrogen) atoms. The number of pyridine rings is 1. The number of hydrogen-bond acceptors (Lipinski definition) is 4. The second kappa shape index (κ2) is 4.40. The number of nitrogens with one attached hydrogen (secondary N) is 1. The number of amides is 1. The van der Waals surface area contributed by atoms with Gasteiger partial charge < -0.3 is 0 Å². The van der Waals surface area contributed by atoms with E-state index >= 15 is 0 Å². The molecular weight excluding hydrogens is 222 g/mol. The van der Waals surface area contributed by atoms with E-state index in [2.05, 4.69) is 15.3 Å². The van der Waals surface area contributed by atoms with Crippen LogP contribution in [0.25, 0.3) is 0 Å². The number of thiazole rings is 1. The van der Waals surface area contributed by atoms with E-state index in [0.717, 1.165) is 10.6 Å². The normalized spacial score (nSPS) is 10.1. The predicted octanol–water partition coefficient (Wildman–Crippen LogP) is 2.41. The van der Waals surface area contributed by atoms with Crippen LogP contribution in [0.3, 0.4) is 0 Å². The summed E-state index contributed by atoms with van der Waals surface area (Å²) in [7, 11) is 0. The van der Waals surface area contributed by atoms with Crippen LogP contribution < -0.4 is 5.32 Å². The van der Waals surface area contributed by atoms with Crippen molar-refractivity contribution in [3.05, 3.63) is 40.7 Å². The topological polar surface area (TPSA) is 54.9 Å². The molecular formula is C11H11N3OS. The van der Waals surface area contributed by atoms with Crippen LogP contribution in [0.1, 0.15) is 20.9 Å². The van der Waals surface area contributed by atoms with Gasteiger partial charge in [-0.25, -0.2) is 4.98 Å². The number of aromatic nitrogens is 2. The molecule has 0 fully saturated rings. The SMILES string of the molecule is Cc1nc(NC(=O)c2cccnc2)sc1C. The summed E-state index contributed by atoms with van der Waals surface area (Å²) in [6.45, 7) is 3.90. The Bertz CT molecular complexity index is 488. The molecule has 0 aliphatic heterocycles. The summed E-state index contributed by atoms with van der Waals surface area (Å²) in [5.74, 6) is -0.179. The molecule has 0 bridgehead atoms. The summed E-state index contributed by atoms with van der Waals surface area (Å²) in [4.78, 5) is 21.0. The van der Waals surface area contributed by atoms with Gasteiger partial charge in [0.15, 0.2) is 5.13 Å². The smallest absolute Gasteiger partial charge is 0.259 e. The van der Waals surface area contributed by atoms with Crippen LogP contribution in [0.15, 0.2) is 24.5 Å². The lowest BCUT2D eigenvalue weighted by molar-refractivity contribution is 0.102. The Labute approximate surface area is 97.4 Å². The molecule has 2 aromatic heterocycles. The van der Waals surface area contributed by atoms with Crippen LogP contribution in [0.2, 0.25) is 0 Å². The Morgan fingerprint density at radius 3 is 2.81 bits per heavy atom. The van der Waals surface area contributed by atoms with E-state index in [1.165, 1.54) is 17.5 Å². The van der Waals surface area contributed by atoms with Gasteiger partial charge in [0.05, 0.1) is 11.3 Å². The Morgan fingerprint density at radius 1 is 1.44 bits per heavy atom. The summed E-state index contributed by atoms with van der Waals surface area (Å²) in [6.07, 6.45) is 3.16.